The number of halogens is 1. The Morgan fingerprint density at radius 2 is 1.82 bits per heavy atom. The molecule has 1 aliphatic rings. The quantitative estimate of drug-likeness (QED) is 0.450. The molecule has 7 nitrogen and oxygen atoms in total. The normalized spacial score (nSPS) is 14.0. The molecule has 1 heterocycles. The number of methoxy groups -OCH3 is 1. The van der Waals surface area contributed by atoms with Gasteiger partial charge < -0.3 is 14.5 Å². The summed E-state index contributed by atoms with van der Waals surface area (Å²) >= 11 is 3.48. The van der Waals surface area contributed by atoms with Gasteiger partial charge in [-0.3, -0.25) is 9.59 Å². The minimum atomic E-state index is -0.326. The first kappa shape index (κ1) is 22.8. The van der Waals surface area contributed by atoms with Crippen molar-refractivity contribution in [3.63, 3.8) is 0 Å². The highest BCUT2D eigenvalue weighted by Gasteiger charge is 2.28. The number of carbonyl (C=O) groups is 2. The van der Waals surface area contributed by atoms with E-state index in [2.05, 4.69) is 31.8 Å². The SMILES string of the molecule is COc1ccc(C(=O)N/N=C2\CCCc3oc(C(=O)Nc4ccc(C)cc4Br)c(C)c32)cc1. The maximum Gasteiger partial charge on any atom is 0.291 e. The molecule has 2 N–H and O–H groups in total. The van der Waals surface area contributed by atoms with Crippen LogP contribution in [0.2, 0.25) is 0 Å². The van der Waals surface area contributed by atoms with Gasteiger partial charge in [0.1, 0.15) is 11.5 Å². The molecular formula is C25H24BrN3O4. The molecule has 3 aromatic rings. The first-order valence-corrected chi connectivity index (χ1v) is 11.4. The van der Waals surface area contributed by atoms with Crippen LogP contribution in [0, 0.1) is 13.8 Å². The third kappa shape index (κ3) is 4.85. The van der Waals surface area contributed by atoms with Crippen LogP contribution >= 0.6 is 15.9 Å². The number of hydrazone groups is 1. The van der Waals surface area contributed by atoms with Crippen molar-refractivity contribution in [1.82, 2.24) is 5.43 Å². The van der Waals surface area contributed by atoms with Gasteiger partial charge in [0.2, 0.25) is 0 Å². The van der Waals surface area contributed by atoms with Crippen molar-refractivity contribution in [2.75, 3.05) is 12.4 Å². The lowest BCUT2D eigenvalue weighted by molar-refractivity contribution is 0.0953. The molecule has 1 aliphatic carbocycles. The Morgan fingerprint density at radius 3 is 2.52 bits per heavy atom. The monoisotopic (exact) mass is 509 g/mol. The van der Waals surface area contributed by atoms with Gasteiger partial charge in [0.25, 0.3) is 11.8 Å². The van der Waals surface area contributed by atoms with Crippen molar-refractivity contribution in [3.05, 3.63) is 80.7 Å². The molecule has 0 aliphatic heterocycles. The summed E-state index contributed by atoms with van der Waals surface area (Å²) in [4.78, 5) is 25.5. The molecule has 0 unspecified atom stereocenters. The van der Waals surface area contributed by atoms with Crippen LogP contribution < -0.4 is 15.5 Å². The van der Waals surface area contributed by atoms with Crippen LogP contribution in [0.15, 0.2) is 56.5 Å². The zero-order chi connectivity index (χ0) is 23.5. The highest BCUT2D eigenvalue weighted by molar-refractivity contribution is 9.10. The van der Waals surface area contributed by atoms with Crippen molar-refractivity contribution < 1.29 is 18.7 Å². The summed E-state index contributed by atoms with van der Waals surface area (Å²) in [6, 6.07) is 12.5. The minimum absolute atomic E-state index is 0.253. The summed E-state index contributed by atoms with van der Waals surface area (Å²) in [5.41, 5.74) is 7.06. The van der Waals surface area contributed by atoms with Crippen LogP contribution in [-0.4, -0.2) is 24.6 Å². The molecule has 0 saturated heterocycles. The van der Waals surface area contributed by atoms with E-state index in [1.54, 1.807) is 31.4 Å². The Hall–Kier alpha value is -3.39. The molecule has 0 atom stereocenters. The number of fused-ring (bicyclic) bond motifs is 1. The van der Waals surface area contributed by atoms with Crippen molar-refractivity contribution in [2.45, 2.75) is 33.1 Å². The highest BCUT2D eigenvalue weighted by Crippen LogP contribution is 2.31. The van der Waals surface area contributed by atoms with Crippen LogP contribution in [-0.2, 0) is 6.42 Å². The highest BCUT2D eigenvalue weighted by atomic mass is 79.9. The van der Waals surface area contributed by atoms with E-state index in [1.165, 1.54) is 0 Å². The topological polar surface area (TPSA) is 92.9 Å². The predicted molar refractivity (Wildman–Crippen MR) is 130 cm³/mol. The molecule has 2 aromatic carbocycles. The van der Waals surface area contributed by atoms with Gasteiger partial charge in [-0.25, -0.2) is 5.43 Å². The molecule has 33 heavy (non-hydrogen) atoms. The summed E-state index contributed by atoms with van der Waals surface area (Å²) < 4.78 is 11.9. The Balaban J connectivity index is 1.55. The van der Waals surface area contributed by atoms with E-state index in [9.17, 15) is 9.59 Å². The molecule has 0 bridgehead atoms. The molecule has 8 heteroatoms. The molecule has 2 amide bonds. The van der Waals surface area contributed by atoms with Gasteiger partial charge in [0.15, 0.2) is 5.76 Å². The summed E-state index contributed by atoms with van der Waals surface area (Å²) in [6.45, 7) is 3.82. The number of nitrogens with zero attached hydrogens (tertiary/aromatic N) is 1. The number of ether oxygens (including phenoxy) is 1. The van der Waals surface area contributed by atoms with E-state index in [0.29, 0.717) is 46.9 Å². The van der Waals surface area contributed by atoms with E-state index >= 15 is 0 Å². The minimum Gasteiger partial charge on any atom is -0.497 e. The number of amides is 2. The van der Waals surface area contributed by atoms with Crippen molar-refractivity contribution >= 4 is 39.1 Å². The van der Waals surface area contributed by atoms with Gasteiger partial charge >= 0.3 is 0 Å². The molecule has 0 radical (unpaired) electrons. The zero-order valence-electron chi connectivity index (χ0n) is 18.6. The number of carbonyl (C=O) groups excluding carboxylic acids is 2. The first-order valence-electron chi connectivity index (χ1n) is 10.6. The van der Waals surface area contributed by atoms with E-state index < -0.39 is 0 Å². The second-order valence-electron chi connectivity index (χ2n) is 7.87. The summed E-state index contributed by atoms with van der Waals surface area (Å²) in [5, 5.41) is 7.27. The predicted octanol–water partition coefficient (Wildman–Crippen LogP) is 5.39. The molecule has 0 spiro atoms. The van der Waals surface area contributed by atoms with E-state index in [1.807, 2.05) is 32.0 Å². The summed E-state index contributed by atoms with van der Waals surface area (Å²) in [6.07, 6.45) is 2.21. The van der Waals surface area contributed by atoms with Crippen molar-refractivity contribution in [2.24, 2.45) is 5.10 Å². The molecule has 1 aromatic heterocycles. The third-order valence-electron chi connectivity index (χ3n) is 5.55. The van der Waals surface area contributed by atoms with Crippen molar-refractivity contribution in [3.8, 4) is 5.75 Å². The number of benzene rings is 2. The molecule has 170 valence electrons. The molecule has 0 fully saturated rings. The van der Waals surface area contributed by atoms with Gasteiger partial charge in [-0.15, -0.1) is 0 Å². The largest absolute Gasteiger partial charge is 0.497 e. The fourth-order valence-corrected chi connectivity index (χ4v) is 4.41. The Kier molecular flexibility index (Phi) is 6.65. The van der Waals surface area contributed by atoms with Crippen molar-refractivity contribution in [1.29, 1.82) is 0 Å². The second kappa shape index (κ2) is 9.62. The fourth-order valence-electron chi connectivity index (χ4n) is 3.82. The van der Waals surface area contributed by atoms with Gasteiger partial charge in [0.05, 0.1) is 18.5 Å². The maximum absolute atomic E-state index is 13.0. The van der Waals surface area contributed by atoms with E-state index in [0.717, 1.165) is 22.0 Å². The average Bonchev–Trinajstić information content (AvgIpc) is 3.16. The van der Waals surface area contributed by atoms with Crippen LogP contribution in [0.4, 0.5) is 5.69 Å². The Morgan fingerprint density at radius 1 is 1.06 bits per heavy atom. The number of aryl methyl sites for hydroxylation is 2. The van der Waals surface area contributed by atoms with Gasteiger partial charge in [-0.2, -0.15) is 5.10 Å². The zero-order valence-corrected chi connectivity index (χ0v) is 20.2. The Labute approximate surface area is 200 Å². The number of hydrogen-bond donors (Lipinski definition) is 2. The van der Waals surface area contributed by atoms with Gasteiger partial charge in [0, 0.05) is 27.6 Å². The summed E-state index contributed by atoms with van der Waals surface area (Å²) in [7, 11) is 1.57. The van der Waals surface area contributed by atoms with E-state index in [4.69, 9.17) is 9.15 Å². The fraction of sp³-hybridized carbons (Fsp3) is 0.240. The maximum atomic E-state index is 13.0. The van der Waals surface area contributed by atoms with Gasteiger partial charge in [-0.1, -0.05) is 6.07 Å². The van der Waals surface area contributed by atoms with Crippen LogP contribution in [0.3, 0.4) is 0 Å². The first-order chi connectivity index (χ1) is 15.9. The number of rotatable bonds is 5. The third-order valence-corrected chi connectivity index (χ3v) is 6.21. The molecule has 4 rings (SSSR count). The number of nitrogens with one attached hydrogen (secondary N) is 2. The number of anilines is 1. The number of furan rings is 1. The Bertz CT molecular complexity index is 1250. The van der Waals surface area contributed by atoms with E-state index in [-0.39, 0.29) is 17.6 Å². The molecule has 0 saturated carbocycles. The number of hydrogen-bond acceptors (Lipinski definition) is 5. The van der Waals surface area contributed by atoms with Crippen LogP contribution in [0.25, 0.3) is 0 Å². The standard InChI is InChI=1S/C25H24BrN3O4/c1-14-7-12-19(18(26)13-14)27-25(31)23-15(2)22-20(5-4-6-21(22)33-23)28-29-24(30)16-8-10-17(32-3)11-9-16/h7-13H,4-6H2,1-3H3,(H,27,31)(H,29,30)/b28-20+. The lowest BCUT2D eigenvalue weighted by atomic mass is 9.93. The summed E-state index contributed by atoms with van der Waals surface area (Å²) in [5.74, 6) is 0.994. The van der Waals surface area contributed by atoms with Gasteiger partial charge in [-0.05, 0) is 84.6 Å². The lowest BCUT2D eigenvalue weighted by Crippen LogP contribution is -2.22. The molecular weight excluding hydrogens is 486 g/mol. The second-order valence-corrected chi connectivity index (χ2v) is 8.73. The lowest BCUT2D eigenvalue weighted by Gasteiger charge is -2.13. The van der Waals surface area contributed by atoms with Crippen LogP contribution in [0.1, 0.15) is 56.2 Å². The average molecular weight is 510 g/mol. The van der Waals surface area contributed by atoms with Crippen LogP contribution in [0.5, 0.6) is 5.75 Å². The smallest absolute Gasteiger partial charge is 0.291 e.